The van der Waals surface area contributed by atoms with Crippen molar-refractivity contribution in [2.24, 2.45) is 0 Å². The number of esters is 2. The average molecular weight is 495 g/mol. The maximum absolute atomic E-state index is 13.1. The van der Waals surface area contributed by atoms with Gasteiger partial charge in [-0.2, -0.15) is 0 Å². The molecule has 0 bridgehead atoms. The second-order valence-corrected chi connectivity index (χ2v) is 8.83. The van der Waals surface area contributed by atoms with Gasteiger partial charge in [-0.3, -0.25) is 0 Å². The van der Waals surface area contributed by atoms with Crippen molar-refractivity contribution in [3.05, 3.63) is 145 Å². The molecule has 0 aromatic heterocycles. The van der Waals surface area contributed by atoms with E-state index in [2.05, 4.69) is 0 Å². The van der Waals surface area contributed by atoms with Crippen molar-refractivity contribution >= 4 is 33.5 Å². The minimum Gasteiger partial charge on any atom is -0.422 e. The van der Waals surface area contributed by atoms with E-state index in [1.54, 1.807) is 60.7 Å². The number of fused-ring (bicyclic) bond motifs is 2. The Hall–Kier alpha value is -5.22. The van der Waals surface area contributed by atoms with E-state index in [4.69, 9.17) is 9.47 Å². The minimum absolute atomic E-state index is 0.380. The molecule has 0 fully saturated rings. The summed E-state index contributed by atoms with van der Waals surface area (Å²) in [5, 5.41) is 3.68. The molecule has 0 N–H and O–H groups in total. The fourth-order valence-electron chi connectivity index (χ4n) is 4.65. The zero-order valence-electron chi connectivity index (χ0n) is 20.3. The van der Waals surface area contributed by atoms with Crippen LogP contribution in [0.1, 0.15) is 20.7 Å². The van der Waals surface area contributed by atoms with Crippen LogP contribution in [0.25, 0.3) is 32.7 Å². The SMILES string of the molecule is O=C(Oc1ccc2ccccc2c1-c1c(OC(=O)c2ccccc2)ccc2ccccc12)c1ccccc1. The Balaban J connectivity index is 1.58. The number of benzene rings is 6. The number of hydrogen-bond acceptors (Lipinski definition) is 4. The number of hydrogen-bond donors (Lipinski definition) is 0. The Morgan fingerprint density at radius 3 is 1.18 bits per heavy atom. The minimum atomic E-state index is -0.467. The van der Waals surface area contributed by atoms with Gasteiger partial charge >= 0.3 is 11.9 Å². The molecule has 0 unspecified atom stereocenters. The molecule has 0 spiro atoms. The van der Waals surface area contributed by atoms with Crippen LogP contribution in [0.15, 0.2) is 133 Å². The molecule has 0 aliphatic carbocycles. The number of ether oxygens (including phenoxy) is 2. The molecule has 6 rings (SSSR count). The summed E-state index contributed by atoms with van der Waals surface area (Å²) < 4.78 is 12.0. The predicted octanol–water partition coefficient (Wildman–Crippen LogP) is 8.10. The van der Waals surface area contributed by atoms with Crippen LogP contribution in [0.4, 0.5) is 0 Å². The Kier molecular flexibility index (Phi) is 6.12. The standard InChI is InChI=1S/C34H22O4/c35-33(25-13-3-1-4-14-25)37-29-21-19-23-11-7-9-17-27(23)31(29)32-28-18-10-8-12-24(28)20-22-30(32)38-34(36)26-15-5-2-6-16-26/h1-22H. The molecule has 0 saturated heterocycles. The van der Waals surface area contributed by atoms with Crippen LogP contribution in [0.5, 0.6) is 11.5 Å². The van der Waals surface area contributed by atoms with Crippen LogP contribution < -0.4 is 9.47 Å². The molecule has 0 aliphatic heterocycles. The first kappa shape index (κ1) is 23.2. The molecule has 0 saturated carbocycles. The lowest BCUT2D eigenvalue weighted by Crippen LogP contribution is -2.11. The van der Waals surface area contributed by atoms with Crippen LogP contribution in [0, 0.1) is 0 Å². The summed E-state index contributed by atoms with van der Waals surface area (Å²) in [6.07, 6.45) is 0. The molecule has 0 aliphatic rings. The normalized spacial score (nSPS) is 10.8. The molecule has 0 heterocycles. The van der Waals surface area contributed by atoms with E-state index in [0.29, 0.717) is 33.8 Å². The summed E-state index contributed by atoms with van der Waals surface area (Å²) in [5.41, 5.74) is 2.25. The maximum atomic E-state index is 13.1. The first-order valence-corrected chi connectivity index (χ1v) is 12.3. The third kappa shape index (κ3) is 4.40. The van der Waals surface area contributed by atoms with Gasteiger partial charge in [0.05, 0.1) is 11.1 Å². The molecule has 0 amide bonds. The van der Waals surface area contributed by atoms with E-state index < -0.39 is 11.9 Å². The summed E-state index contributed by atoms with van der Waals surface area (Å²) in [5.74, 6) is -0.174. The summed E-state index contributed by atoms with van der Waals surface area (Å²) in [4.78, 5) is 26.3. The maximum Gasteiger partial charge on any atom is 0.343 e. The fourth-order valence-corrected chi connectivity index (χ4v) is 4.65. The number of carbonyl (C=O) groups excluding carboxylic acids is 2. The molecule has 0 atom stereocenters. The average Bonchev–Trinajstić information content (AvgIpc) is 2.98. The quantitative estimate of drug-likeness (QED) is 0.179. The second kappa shape index (κ2) is 10.0. The van der Waals surface area contributed by atoms with Gasteiger partial charge in [0.25, 0.3) is 0 Å². The second-order valence-electron chi connectivity index (χ2n) is 8.83. The molecular weight excluding hydrogens is 472 g/mol. The highest BCUT2D eigenvalue weighted by atomic mass is 16.5. The van der Waals surface area contributed by atoms with Crippen LogP contribution in [0.3, 0.4) is 0 Å². The fraction of sp³-hybridized carbons (Fsp3) is 0. The topological polar surface area (TPSA) is 52.6 Å². The monoisotopic (exact) mass is 494 g/mol. The van der Waals surface area contributed by atoms with Crippen molar-refractivity contribution in [1.82, 2.24) is 0 Å². The molecule has 4 nitrogen and oxygen atoms in total. The molecule has 182 valence electrons. The zero-order chi connectivity index (χ0) is 25.9. The highest BCUT2D eigenvalue weighted by Gasteiger charge is 2.22. The molecule has 4 heteroatoms. The van der Waals surface area contributed by atoms with Crippen molar-refractivity contribution in [3.63, 3.8) is 0 Å². The molecule has 6 aromatic rings. The van der Waals surface area contributed by atoms with Gasteiger partial charge in [0.2, 0.25) is 0 Å². The van der Waals surface area contributed by atoms with E-state index in [1.807, 2.05) is 72.8 Å². The highest BCUT2D eigenvalue weighted by molar-refractivity contribution is 6.11. The number of rotatable bonds is 5. The van der Waals surface area contributed by atoms with Gasteiger partial charge < -0.3 is 9.47 Å². The van der Waals surface area contributed by atoms with Crippen molar-refractivity contribution in [3.8, 4) is 22.6 Å². The van der Waals surface area contributed by atoms with E-state index in [-0.39, 0.29) is 0 Å². The Morgan fingerprint density at radius 2 is 0.763 bits per heavy atom. The van der Waals surface area contributed by atoms with Crippen LogP contribution >= 0.6 is 0 Å². The van der Waals surface area contributed by atoms with Gasteiger partial charge in [0, 0.05) is 11.1 Å². The van der Waals surface area contributed by atoms with Crippen molar-refractivity contribution in [2.75, 3.05) is 0 Å². The third-order valence-electron chi connectivity index (χ3n) is 6.46. The van der Waals surface area contributed by atoms with Crippen molar-refractivity contribution in [1.29, 1.82) is 0 Å². The van der Waals surface area contributed by atoms with E-state index in [1.165, 1.54) is 0 Å². The Morgan fingerprint density at radius 1 is 0.395 bits per heavy atom. The summed E-state index contributed by atoms with van der Waals surface area (Å²) in [6.45, 7) is 0. The molecule has 6 aromatic carbocycles. The predicted molar refractivity (Wildman–Crippen MR) is 150 cm³/mol. The lowest BCUT2D eigenvalue weighted by Gasteiger charge is -2.18. The zero-order valence-corrected chi connectivity index (χ0v) is 20.3. The van der Waals surface area contributed by atoms with Crippen LogP contribution in [-0.4, -0.2) is 11.9 Å². The van der Waals surface area contributed by atoms with Gasteiger partial charge in [-0.05, 0) is 57.9 Å². The summed E-state index contributed by atoms with van der Waals surface area (Å²) >= 11 is 0. The number of carbonyl (C=O) groups is 2. The lowest BCUT2D eigenvalue weighted by molar-refractivity contribution is 0.0723. The third-order valence-corrected chi connectivity index (χ3v) is 6.46. The first-order valence-electron chi connectivity index (χ1n) is 12.3. The van der Waals surface area contributed by atoms with Crippen molar-refractivity contribution in [2.45, 2.75) is 0 Å². The largest absolute Gasteiger partial charge is 0.422 e. The van der Waals surface area contributed by atoms with E-state index in [9.17, 15) is 9.59 Å². The molecule has 38 heavy (non-hydrogen) atoms. The summed E-state index contributed by atoms with van der Waals surface area (Å²) in [7, 11) is 0. The van der Waals surface area contributed by atoms with Crippen molar-refractivity contribution < 1.29 is 19.1 Å². The smallest absolute Gasteiger partial charge is 0.343 e. The van der Waals surface area contributed by atoms with E-state index in [0.717, 1.165) is 21.5 Å². The van der Waals surface area contributed by atoms with Gasteiger partial charge in [-0.15, -0.1) is 0 Å². The van der Waals surface area contributed by atoms with Gasteiger partial charge in [0.15, 0.2) is 0 Å². The Bertz CT molecular complexity index is 1660. The van der Waals surface area contributed by atoms with Crippen LogP contribution in [0.2, 0.25) is 0 Å². The van der Waals surface area contributed by atoms with Gasteiger partial charge in [0.1, 0.15) is 11.5 Å². The Labute approximate surface area is 219 Å². The lowest BCUT2D eigenvalue weighted by atomic mass is 9.92. The van der Waals surface area contributed by atoms with E-state index >= 15 is 0 Å². The molecule has 0 radical (unpaired) electrons. The van der Waals surface area contributed by atoms with Gasteiger partial charge in [-0.1, -0.05) is 97.1 Å². The highest BCUT2D eigenvalue weighted by Crippen LogP contribution is 2.45. The van der Waals surface area contributed by atoms with Gasteiger partial charge in [-0.25, -0.2) is 9.59 Å². The summed E-state index contributed by atoms with van der Waals surface area (Å²) in [6, 6.07) is 40.9. The molecular formula is C34H22O4. The first-order chi connectivity index (χ1) is 18.7. The van der Waals surface area contributed by atoms with Crippen LogP contribution in [-0.2, 0) is 0 Å².